The molecule has 1 aliphatic rings. The van der Waals surface area contributed by atoms with Crippen molar-refractivity contribution in [2.24, 2.45) is 0 Å². The summed E-state index contributed by atoms with van der Waals surface area (Å²) >= 11 is 0. The van der Waals surface area contributed by atoms with Gasteiger partial charge in [0.2, 0.25) is 11.8 Å². The number of rotatable bonds is 12. The number of hydrogen-bond acceptors (Lipinski definition) is 8. The lowest BCUT2D eigenvalue weighted by atomic mass is 9.88. The van der Waals surface area contributed by atoms with Crippen LogP contribution >= 0.6 is 0 Å². The van der Waals surface area contributed by atoms with Crippen LogP contribution in [0, 0.1) is 0 Å². The van der Waals surface area contributed by atoms with E-state index in [1.54, 1.807) is 30.3 Å². The summed E-state index contributed by atoms with van der Waals surface area (Å²) in [5, 5.41) is 47.7. The second kappa shape index (κ2) is 14.4. The Morgan fingerprint density at radius 2 is 1.53 bits per heavy atom. The maximum absolute atomic E-state index is 12.6. The van der Waals surface area contributed by atoms with Crippen molar-refractivity contribution >= 4 is 17.8 Å². The highest BCUT2D eigenvalue weighted by atomic mass is 16.7. The predicted molar refractivity (Wildman–Crippen MR) is 155 cm³/mol. The van der Waals surface area contributed by atoms with Gasteiger partial charge in [-0.3, -0.25) is 9.59 Å². The minimum absolute atomic E-state index is 0.0144. The van der Waals surface area contributed by atoms with Crippen LogP contribution < -0.4 is 10.6 Å². The zero-order valence-corrected chi connectivity index (χ0v) is 23.6. The van der Waals surface area contributed by atoms with Gasteiger partial charge in [0.1, 0.15) is 12.2 Å². The van der Waals surface area contributed by atoms with Crippen molar-refractivity contribution in [2.45, 2.75) is 62.6 Å². The van der Waals surface area contributed by atoms with Gasteiger partial charge in [-0.05, 0) is 22.3 Å². The molecule has 228 valence electrons. The maximum atomic E-state index is 12.6. The van der Waals surface area contributed by atoms with Crippen LogP contribution in [0.2, 0.25) is 0 Å². The fourth-order valence-electron chi connectivity index (χ4n) is 4.98. The maximum Gasteiger partial charge on any atom is 0.364 e. The number of carboxylic acid groups (broad SMARTS) is 1. The first kappa shape index (κ1) is 31.8. The molecule has 0 saturated carbocycles. The number of carboxylic acids is 1. The van der Waals surface area contributed by atoms with Gasteiger partial charge >= 0.3 is 5.97 Å². The summed E-state index contributed by atoms with van der Waals surface area (Å²) in [5.41, 5.74) is 3.41. The molecule has 0 radical (unpaired) electrons. The van der Waals surface area contributed by atoms with Gasteiger partial charge in [0.15, 0.2) is 0 Å². The molecule has 0 spiro atoms. The summed E-state index contributed by atoms with van der Waals surface area (Å²) in [6, 6.07) is 24.6. The quantitative estimate of drug-likeness (QED) is 0.182. The fraction of sp³-hybridized carbons (Fsp3) is 0.344. The van der Waals surface area contributed by atoms with Crippen molar-refractivity contribution in [1.29, 1.82) is 0 Å². The van der Waals surface area contributed by atoms with E-state index in [0.717, 1.165) is 16.7 Å². The highest BCUT2D eigenvalue weighted by molar-refractivity contribution is 5.79. The van der Waals surface area contributed by atoms with Crippen LogP contribution in [0.25, 0.3) is 11.1 Å². The predicted octanol–water partition coefficient (Wildman–Crippen LogP) is 1.39. The standard InChI is InChI=1S/C32H36N2O9/c1-20(35)34-28-25(36)17-32(31(40)41,42-19-22-8-4-2-5-9-22)43-30(28)29(39)26(37)18-33-27(38)16-21-12-14-24(15-13-21)23-10-6-3-7-11-23/h2-15,25-26,28-30,36-37,39H,16-19H2,1H3,(H,33,38)(H,34,35)(H,40,41)/t25-,26+,28+,29+,30+,32+/m0/s1. The van der Waals surface area contributed by atoms with Gasteiger partial charge in [0, 0.05) is 19.9 Å². The number of hydrogen-bond donors (Lipinski definition) is 6. The Hall–Kier alpha value is -4.13. The Labute approximate surface area is 249 Å². The third kappa shape index (κ3) is 8.25. The minimum Gasteiger partial charge on any atom is -0.477 e. The Balaban J connectivity index is 1.41. The molecule has 3 aromatic rings. The molecule has 0 unspecified atom stereocenters. The second-order valence-electron chi connectivity index (χ2n) is 10.5. The van der Waals surface area contributed by atoms with Gasteiger partial charge in [-0.15, -0.1) is 0 Å². The third-order valence-corrected chi connectivity index (χ3v) is 7.25. The summed E-state index contributed by atoms with van der Waals surface area (Å²) in [7, 11) is 0. The van der Waals surface area contributed by atoms with E-state index in [1.807, 2.05) is 54.6 Å². The third-order valence-electron chi connectivity index (χ3n) is 7.25. The molecule has 0 bridgehead atoms. The first-order valence-electron chi connectivity index (χ1n) is 13.9. The lowest BCUT2D eigenvalue weighted by Gasteiger charge is -2.46. The summed E-state index contributed by atoms with van der Waals surface area (Å²) < 4.78 is 11.4. The van der Waals surface area contributed by atoms with Crippen LogP contribution in [0.3, 0.4) is 0 Å². The van der Waals surface area contributed by atoms with E-state index in [4.69, 9.17) is 9.47 Å². The van der Waals surface area contributed by atoms with Gasteiger partial charge < -0.3 is 40.5 Å². The average molecular weight is 593 g/mol. The van der Waals surface area contributed by atoms with Crippen molar-refractivity contribution in [3.05, 3.63) is 96.1 Å². The highest BCUT2D eigenvalue weighted by Crippen LogP contribution is 2.34. The monoisotopic (exact) mass is 592 g/mol. The van der Waals surface area contributed by atoms with Gasteiger partial charge in [-0.1, -0.05) is 84.9 Å². The van der Waals surface area contributed by atoms with Crippen LogP contribution in [0.1, 0.15) is 24.5 Å². The summed E-state index contributed by atoms with van der Waals surface area (Å²) in [6.07, 6.45) is -7.12. The number of carbonyl (C=O) groups excluding carboxylic acids is 2. The van der Waals surface area contributed by atoms with E-state index >= 15 is 0 Å². The van der Waals surface area contributed by atoms with Crippen molar-refractivity contribution in [3.8, 4) is 11.1 Å². The zero-order chi connectivity index (χ0) is 31.0. The highest BCUT2D eigenvalue weighted by Gasteiger charge is 2.55. The molecule has 43 heavy (non-hydrogen) atoms. The Morgan fingerprint density at radius 3 is 2.14 bits per heavy atom. The lowest BCUT2D eigenvalue weighted by molar-refractivity contribution is -0.314. The number of amides is 2. The van der Waals surface area contributed by atoms with Crippen molar-refractivity contribution in [2.75, 3.05) is 6.54 Å². The lowest BCUT2D eigenvalue weighted by Crippen LogP contribution is -2.68. The minimum atomic E-state index is -2.38. The van der Waals surface area contributed by atoms with Gasteiger partial charge in [-0.2, -0.15) is 0 Å². The molecule has 3 aromatic carbocycles. The van der Waals surface area contributed by atoms with Gasteiger partial charge in [-0.25, -0.2) is 4.79 Å². The number of benzene rings is 3. The van der Waals surface area contributed by atoms with E-state index < -0.39 is 67.0 Å². The first-order chi connectivity index (χ1) is 20.6. The van der Waals surface area contributed by atoms with E-state index in [9.17, 15) is 34.8 Å². The summed E-state index contributed by atoms with van der Waals surface area (Å²) in [6.45, 7) is 0.596. The molecule has 6 N–H and O–H groups in total. The van der Waals surface area contributed by atoms with E-state index in [1.165, 1.54) is 6.92 Å². The normalized spacial score (nSPS) is 23.1. The van der Waals surface area contributed by atoms with E-state index in [0.29, 0.717) is 5.56 Å². The number of aliphatic hydroxyl groups excluding tert-OH is 3. The molecule has 4 rings (SSSR count). The number of ether oxygens (including phenoxy) is 2. The zero-order valence-electron chi connectivity index (χ0n) is 23.6. The van der Waals surface area contributed by atoms with E-state index in [2.05, 4.69) is 10.6 Å². The van der Waals surface area contributed by atoms with Crippen LogP contribution in [0.4, 0.5) is 0 Å². The molecular formula is C32H36N2O9. The molecule has 11 nitrogen and oxygen atoms in total. The molecule has 1 heterocycles. The van der Waals surface area contributed by atoms with Crippen LogP contribution in [0.5, 0.6) is 0 Å². The van der Waals surface area contributed by atoms with Crippen LogP contribution in [-0.2, 0) is 36.9 Å². The molecule has 2 amide bonds. The summed E-state index contributed by atoms with van der Waals surface area (Å²) in [5.74, 6) is -4.93. The Morgan fingerprint density at radius 1 is 0.930 bits per heavy atom. The topological polar surface area (TPSA) is 175 Å². The number of aliphatic carboxylic acids is 1. The molecule has 0 aromatic heterocycles. The molecule has 0 aliphatic carbocycles. The molecule has 11 heteroatoms. The molecule has 6 atom stereocenters. The van der Waals surface area contributed by atoms with Gasteiger partial charge in [0.25, 0.3) is 5.79 Å². The van der Waals surface area contributed by atoms with Crippen molar-refractivity contribution in [3.63, 3.8) is 0 Å². The molecule has 1 fully saturated rings. The van der Waals surface area contributed by atoms with Crippen molar-refractivity contribution < 1.29 is 44.3 Å². The average Bonchev–Trinajstić information content (AvgIpc) is 3.00. The smallest absolute Gasteiger partial charge is 0.364 e. The molecular weight excluding hydrogens is 556 g/mol. The van der Waals surface area contributed by atoms with Crippen molar-refractivity contribution in [1.82, 2.24) is 10.6 Å². The van der Waals surface area contributed by atoms with Crippen LogP contribution in [-0.4, -0.2) is 81.0 Å². The number of aliphatic hydroxyl groups is 3. The SMILES string of the molecule is CC(=O)N[C@H]1[C@H]([C@H](O)[C@H](O)CNC(=O)Cc2ccc(-c3ccccc3)cc2)O[C@@](OCc2ccccc2)(C(=O)O)C[C@@H]1O. The van der Waals surface area contributed by atoms with E-state index in [-0.39, 0.29) is 13.0 Å². The summed E-state index contributed by atoms with van der Waals surface area (Å²) in [4.78, 5) is 36.8. The fourth-order valence-corrected chi connectivity index (χ4v) is 4.98. The Kier molecular flexibility index (Phi) is 10.6. The second-order valence-corrected chi connectivity index (χ2v) is 10.5. The van der Waals surface area contributed by atoms with Crippen LogP contribution in [0.15, 0.2) is 84.9 Å². The molecule has 1 aliphatic heterocycles. The Bertz CT molecular complexity index is 1370. The first-order valence-corrected chi connectivity index (χ1v) is 13.9. The molecule has 1 saturated heterocycles. The number of carbonyl (C=O) groups is 3. The number of nitrogens with one attached hydrogen (secondary N) is 2. The van der Waals surface area contributed by atoms with Gasteiger partial charge in [0.05, 0.1) is 31.3 Å². The largest absolute Gasteiger partial charge is 0.477 e.